The Kier molecular flexibility index (Phi) is 4.37. The van der Waals surface area contributed by atoms with Gasteiger partial charge in [0.05, 0.1) is 11.9 Å². The molecule has 110 valence electrons. The van der Waals surface area contributed by atoms with Crippen LogP contribution in [0, 0.1) is 11.8 Å². The summed E-state index contributed by atoms with van der Waals surface area (Å²) in [7, 11) is 0. The average Bonchev–Trinajstić information content (AvgIpc) is 2.47. The van der Waals surface area contributed by atoms with Crippen LogP contribution in [0.1, 0.15) is 23.2 Å². The summed E-state index contributed by atoms with van der Waals surface area (Å²) in [5, 5.41) is 24.3. The Bertz CT molecular complexity index is 591. The highest BCUT2D eigenvalue weighted by Gasteiger charge is 2.29. The lowest BCUT2D eigenvalue weighted by Crippen LogP contribution is -2.41. The smallest absolute Gasteiger partial charge is 0.228 e. The van der Waals surface area contributed by atoms with E-state index in [4.69, 9.17) is 0 Å². The largest absolute Gasteiger partial charge is 0.550 e. The van der Waals surface area contributed by atoms with E-state index >= 15 is 0 Å². The SMILES string of the molecule is O=C([O-])c1ccc(NC(=O)[C@H]2CC=CC[C@H]2C(=O)[O-])cc1. The fourth-order valence-corrected chi connectivity index (χ4v) is 2.29. The molecule has 0 aromatic heterocycles. The van der Waals surface area contributed by atoms with Gasteiger partial charge in [0, 0.05) is 17.6 Å². The number of amides is 1. The third-order valence-electron chi connectivity index (χ3n) is 3.46. The number of rotatable bonds is 4. The molecule has 0 unspecified atom stereocenters. The summed E-state index contributed by atoms with van der Waals surface area (Å²) >= 11 is 0. The molecule has 0 radical (unpaired) electrons. The van der Waals surface area contributed by atoms with Crippen LogP contribution in [0.25, 0.3) is 0 Å². The zero-order valence-corrected chi connectivity index (χ0v) is 11.1. The van der Waals surface area contributed by atoms with Gasteiger partial charge in [-0.05, 0) is 30.5 Å². The third-order valence-corrected chi connectivity index (χ3v) is 3.46. The predicted molar refractivity (Wildman–Crippen MR) is 69.8 cm³/mol. The van der Waals surface area contributed by atoms with E-state index in [0.29, 0.717) is 12.1 Å². The molecule has 0 saturated carbocycles. The van der Waals surface area contributed by atoms with Gasteiger partial charge in [-0.2, -0.15) is 0 Å². The van der Waals surface area contributed by atoms with Crippen LogP contribution in [-0.4, -0.2) is 17.8 Å². The summed E-state index contributed by atoms with van der Waals surface area (Å²) in [4.78, 5) is 33.8. The number of aromatic carboxylic acids is 1. The normalized spacial score (nSPS) is 20.8. The maximum absolute atomic E-state index is 12.1. The number of carbonyl (C=O) groups is 3. The highest BCUT2D eigenvalue weighted by Crippen LogP contribution is 2.26. The molecular formula is C15H13NO5-2. The second kappa shape index (κ2) is 6.21. The summed E-state index contributed by atoms with van der Waals surface area (Å²) < 4.78 is 0. The molecule has 0 saturated heterocycles. The standard InChI is InChI=1S/C15H15NO5/c17-13(11-3-1-2-4-12(11)15(20)21)16-10-7-5-9(6-8-10)14(18)19/h1-2,5-8,11-12H,3-4H2,(H,16,17)(H,18,19)(H,20,21)/p-2/t11-,12+/m0/s1. The number of nitrogens with one attached hydrogen (secondary N) is 1. The van der Waals surface area contributed by atoms with E-state index < -0.39 is 29.7 Å². The maximum Gasteiger partial charge on any atom is 0.228 e. The molecule has 6 heteroatoms. The van der Waals surface area contributed by atoms with Crippen molar-refractivity contribution in [1.82, 2.24) is 0 Å². The van der Waals surface area contributed by atoms with Crippen molar-refractivity contribution in [3.8, 4) is 0 Å². The quantitative estimate of drug-likeness (QED) is 0.738. The Morgan fingerprint density at radius 1 is 0.952 bits per heavy atom. The van der Waals surface area contributed by atoms with Crippen LogP contribution in [0.5, 0.6) is 0 Å². The molecule has 1 aromatic rings. The minimum absolute atomic E-state index is 0.00112. The topological polar surface area (TPSA) is 109 Å². The predicted octanol–water partition coefficient (Wildman–Crippen LogP) is -0.679. The fourth-order valence-electron chi connectivity index (χ4n) is 2.29. The Morgan fingerprint density at radius 2 is 1.52 bits per heavy atom. The van der Waals surface area contributed by atoms with Gasteiger partial charge in [0.1, 0.15) is 0 Å². The van der Waals surface area contributed by atoms with Gasteiger partial charge >= 0.3 is 0 Å². The molecular weight excluding hydrogens is 274 g/mol. The molecule has 0 aliphatic heterocycles. The van der Waals surface area contributed by atoms with Crippen LogP contribution < -0.4 is 15.5 Å². The van der Waals surface area contributed by atoms with E-state index in [0.717, 1.165) is 0 Å². The van der Waals surface area contributed by atoms with E-state index in [9.17, 15) is 24.6 Å². The van der Waals surface area contributed by atoms with Gasteiger partial charge in [0.25, 0.3) is 0 Å². The number of benzene rings is 1. The highest BCUT2D eigenvalue weighted by molar-refractivity contribution is 5.95. The molecule has 0 fully saturated rings. The molecule has 2 rings (SSSR count). The van der Waals surface area contributed by atoms with E-state index in [1.54, 1.807) is 12.2 Å². The Morgan fingerprint density at radius 3 is 2.05 bits per heavy atom. The van der Waals surface area contributed by atoms with Gasteiger partial charge in [-0.3, -0.25) is 4.79 Å². The van der Waals surface area contributed by atoms with Gasteiger partial charge in [-0.15, -0.1) is 0 Å². The highest BCUT2D eigenvalue weighted by atomic mass is 16.4. The van der Waals surface area contributed by atoms with E-state index in [-0.39, 0.29) is 12.0 Å². The molecule has 1 aromatic carbocycles. The summed E-state index contributed by atoms with van der Waals surface area (Å²) in [6.07, 6.45) is 4.09. The number of carbonyl (C=O) groups excluding carboxylic acids is 3. The van der Waals surface area contributed by atoms with Crippen molar-refractivity contribution < 1.29 is 24.6 Å². The monoisotopic (exact) mass is 287 g/mol. The molecule has 1 N–H and O–H groups in total. The molecule has 0 spiro atoms. The van der Waals surface area contributed by atoms with Crippen LogP contribution in [0.3, 0.4) is 0 Å². The molecule has 1 amide bonds. The zero-order chi connectivity index (χ0) is 15.4. The first-order valence-electron chi connectivity index (χ1n) is 6.47. The zero-order valence-electron chi connectivity index (χ0n) is 11.1. The van der Waals surface area contributed by atoms with E-state index in [1.807, 2.05) is 0 Å². The lowest BCUT2D eigenvalue weighted by Gasteiger charge is -2.28. The molecule has 0 bridgehead atoms. The minimum Gasteiger partial charge on any atom is -0.550 e. The first-order chi connectivity index (χ1) is 9.99. The Balaban J connectivity index is 2.08. The Hall–Kier alpha value is -2.63. The van der Waals surface area contributed by atoms with Crippen molar-refractivity contribution in [2.24, 2.45) is 11.8 Å². The summed E-state index contributed by atoms with van der Waals surface area (Å²) in [6, 6.07) is 5.47. The van der Waals surface area contributed by atoms with Crippen molar-refractivity contribution in [1.29, 1.82) is 0 Å². The van der Waals surface area contributed by atoms with Crippen LogP contribution >= 0.6 is 0 Å². The maximum atomic E-state index is 12.1. The number of carboxylic acids is 2. The van der Waals surface area contributed by atoms with Crippen molar-refractivity contribution in [2.75, 3.05) is 5.32 Å². The van der Waals surface area contributed by atoms with Gasteiger partial charge in [-0.25, -0.2) is 0 Å². The van der Waals surface area contributed by atoms with E-state index in [1.165, 1.54) is 24.3 Å². The number of hydrogen-bond donors (Lipinski definition) is 1. The number of hydrogen-bond acceptors (Lipinski definition) is 5. The first-order valence-corrected chi connectivity index (χ1v) is 6.47. The molecule has 6 nitrogen and oxygen atoms in total. The molecule has 2 atom stereocenters. The van der Waals surface area contributed by atoms with Crippen molar-refractivity contribution in [3.63, 3.8) is 0 Å². The number of anilines is 1. The Labute approximate surface area is 121 Å². The summed E-state index contributed by atoms with van der Waals surface area (Å²) in [6.45, 7) is 0. The van der Waals surface area contributed by atoms with Gasteiger partial charge in [0.15, 0.2) is 0 Å². The fraction of sp³-hybridized carbons (Fsp3) is 0.267. The first kappa shape index (κ1) is 14.8. The molecule has 21 heavy (non-hydrogen) atoms. The van der Waals surface area contributed by atoms with E-state index in [2.05, 4.69) is 5.32 Å². The molecule has 1 aliphatic rings. The third kappa shape index (κ3) is 3.47. The number of carboxylic acid groups (broad SMARTS) is 2. The van der Waals surface area contributed by atoms with Gasteiger partial charge in [-0.1, -0.05) is 24.3 Å². The second-order valence-electron chi connectivity index (χ2n) is 4.83. The van der Waals surface area contributed by atoms with Crippen LogP contribution in [0.4, 0.5) is 5.69 Å². The van der Waals surface area contributed by atoms with Crippen LogP contribution in [0.2, 0.25) is 0 Å². The lowest BCUT2D eigenvalue weighted by atomic mass is 9.82. The number of aliphatic carboxylic acids is 1. The lowest BCUT2D eigenvalue weighted by molar-refractivity contribution is -0.313. The van der Waals surface area contributed by atoms with Crippen molar-refractivity contribution >= 4 is 23.5 Å². The van der Waals surface area contributed by atoms with Crippen LogP contribution in [0.15, 0.2) is 36.4 Å². The van der Waals surface area contributed by atoms with Crippen LogP contribution in [-0.2, 0) is 9.59 Å². The molecule has 0 heterocycles. The average molecular weight is 287 g/mol. The van der Waals surface area contributed by atoms with Gasteiger partial charge < -0.3 is 25.1 Å². The van der Waals surface area contributed by atoms with Crippen molar-refractivity contribution in [3.05, 3.63) is 42.0 Å². The van der Waals surface area contributed by atoms with Crippen molar-refractivity contribution in [2.45, 2.75) is 12.8 Å². The van der Waals surface area contributed by atoms with Gasteiger partial charge in [0.2, 0.25) is 5.91 Å². The summed E-state index contributed by atoms with van der Waals surface area (Å²) in [5.41, 5.74) is 0.401. The minimum atomic E-state index is -1.30. The number of allylic oxidation sites excluding steroid dienone is 2. The second-order valence-corrected chi connectivity index (χ2v) is 4.83. The summed E-state index contributed by atoms with van der Waals surface area (Å²) in [5.74, 6) is -4.51. The molecule has 1 aliphatic carbocycles.